The molecule has 0 bridgehead atoms. The Kier molecular flexibility index (Phi) is 4.11. The number of hydrogen-bond acceptors (Lipinski definition) is 3. The Morgan fingerprint density at radius 2 is 2.00 bits per heavy atom. The summed E-state index contributed by atoms with van der Waals surface area (Å²) in [6.45, 7) is 7.21. The predicted octanol–water partition coefficient (Wildman–Crippen LogP) is 0.781. The molecule has 0 spiro atoms. The molecule has 4 nitrogen and oxygen atoms in total. The number of likely N-dealkylation sites (tertiary alicyclic amines) is 1. The SMILES string of the molecule is CNC1(C(=O)O)CCN(CC(C)C)CC1. The molecule has 0 atom stereocenters. The van der Waals surface area contributed by atoms with Crippen molar-refractivity contribution < 1.29 is 9.90 Å². The molecular weight excluding hydrogens is 192 g/mol. The second kappa shape index (κ2) is 4.94. The number of carbonyl (C=O) groups is 1. The van der Waals surface area contributed by atoms with Gasteiger partial charge in [-0.25, -0.2) is 0 Å². The summed E-state index contributed by atoms with van der Waals surface area (Å²) in [7, 11) is 1.74. The maximum absolute atomic E-state index is 11.2. The molecular formula is C11H22N2O2. The minimum atomic E-state index is -0.714. The number of piperidine rings is 1. The number of nitrogens with zero attached hydrogens (tertiary/aromatic N) is 1. The van der Waals surface area contributed by atoms with E-state index in [0.717, 1.165) is 19.6 Å². The van der Waals surface area contributed by atoms with Gasteiger partial charge in [0.25, 0.3) is 0 Å². The monoisotopic (exact) mass is 214 g/mol. The van der Waals surface area contributed by atoms with E-state index in [2.05, 4.69) is 24.1 Å². The summed E-state index contributed by atoms with van der Waals surface area (Å²) >= 11 is 0. The van der Waals surface area contributed by atoms with Gasteiger partial charge in [0.05, 0.1) is 0 Å². The standard InChI is InChI=1S/C11H22N2O2/c1-9(2)8-13-6-4-11(12-3,5-7-13)10(14)15/h9,12H,4-8H2,1-3H3,(H,14,15). The molecule has 1 heterocycles. The molecule has 0 radical (unpaired) electrons. The number of aliphatic carboxylic acids is 1. The Morgan fingerprint density at radius 3 is 2.33 bits per heavy atom. The number of carboxylic acid groups (broad SMARTS) is 1. The Hall–Kier alpha value is -0.610. The van der Waals surface area contributed by atoms with Crippen LogP contribution in [0.3, 0.4) is 0 Å². The van der Waals surface area contributed by atoms with Crippen molar-refractivity contribution in [2.24, 2.45) is 5.92 Å². The summed E-state index contributed by atoms with van der Waals surface area (Å²) in [6, 6.07) is 0. The average Bonchev–Trinajstić information content (AvgIpc) is 2.18. The molecule has 2 N–H and O–H groups in total. The van der Waals surface area contributed by atoms with Crippen molar-refractivity contribution in [3.05, 3.63) is 0 Å². The van der Waals surface area contributed by atoms with Crippen LogP contribution in [0.5, 0.6) is 0 Å². The smallest absolute Gasteiger partial charge is 0.323 e. The van der Waals surface area contributed by atoms with E-state index in [4.69, 9.17) is 0 Å². The summed E-state index contributed by atoms with van der Waals surface area (Å²) in [5.74, 6) is -0.0638. The molecule has 1 aliphatic rings. The van der Waals surface area contributed by atoms with Gasteiger partial charge >= 0.3 is 5.97 Å². The summed E-state index contributed by atoms with van der Waals surface area (Å²) in [5.41, 5.74) is -0.687. The van der Waals surface area contributed by atoms with Gasteiger partial charge in [-0.1, -0.05) is 13.8 Å². The van der Waals surface area contributed by atoms with Gasteiger partial charge in [-0.05, 0) is 25.8 Å². The summed E-state index contributed by atoms with van der Waals surface area (Å²) in [6.07, 6.45) is 1.40. The first-order valence-corrected chi connectivity index (χ1v) is 5.65. The van der Waals surface area contributed by atoms with Gasteiger partial charge in [0.1, 0.15) is 5.54 Å². The van der Waals surface area contributed by atoms with Crippen LogP contribution in [-0.4, -0.2) is 48.2 Å². The zero-order valence-electron chi connectivity index (χ0n) is 9.92. The molecule has 88 valence electrons. The minimum Gasteiger partial charge on any atom is -0.480 e. The Balaban J connectivity index is 2.50. The molecule has 1 aliphatic heterocycles. The van der Waals surface area contributed by atoms with Gasteiger partial charge < -0.3 is 15.3 Å². The highest BCUT2D eigenvalue weighted by atomic mass is 16.4. The molecule has 0 aromatic rings. The lowest BCUT2D eigenvalue weighted by molar-refractivity contribution is -0.146. The van der Waals surface area contributed by atoms with E-state index in [1.165, 1.54) is 0 Å². The summed E-state index contributed by atoms with van der Waals surface area (Å²) in [4.78, 5) is 13.5. The summed E-state index contributed by atoms with van der Waals surface area (Å²) in [5, 5.41) is 12.1. The van der Waals surface area contributed by atoms with E-state index in [0.29, 0.717) is 18.8 Å². The molecule has 0 amide bonds. The lowest BCUT2D eigenvalue weighted by Gasteiger charge is -2.39. The van der Waals surface area contributed by atoms with Crippen molar-refractivity contribution in [3.63, 3.8) is 0 Å². The van der Waals surface area contributed by atoms with E-state index in [1.807, 2.05) is 0 Å². The van der Waals surface area contributed by atoms with Gasteiger partial charge in [0.2, 0.25) is 0 Å². The predicted molar refractivity (Wildman–Crippen MR) is 59.9 cm³/mol. The highest BCUT2D eigenvalue weighted by Gasteiger charge is 2.39. The van der Waals surface area contributed by atoms with Crippen LogP contribution >= 0.6 is 0 Å². The molecule has 0 aromatic heterocycles. The van der Waals surface area contributed by atoms with Crippen molar-refractivity contribution in [1.29, 1.82) is 0 Å². The van der Waals surface area contributed by atoms with Crippen LogP contribution in [0.25, 0.3) is 0 Å². The fraction of sp³-hybridized carbons (Fsp3) is 0.909. The minimum absolute atomic E-state index is 0.650. The molecule has 1 fully saturated rings. The highest BCUT2D eigenvalue weighted by molar-refractivity contribution is 5.78. The molecule has 1 saturated heterocycles. The first-order chi connectivity index (χ1) is 7.00. The van der Waals surface area contributed by atoms with E-state index in [9.17, 15) is 9.90 Å². The summed E-state index contributed by atoms with van der Waals surface area (Å²) < 4.78 is 0. The van der Waals surface area contributed by atoms with Crippen molar-refractivity contribution in [1.82, 2.24) is 10.2 Å². The highest BCUT2D eigenvalue weighted by Crippen LogP contribution is 2.22. The van der Waals surface area contributed by atoms with E-state index >= 15 is 0 Å². The molecule has 0 aliphatic carbocycles. The van der Waals surface area contributed by atoms with Crippen molar-refractivity contribution in [2.75, 3.05) is 26.7 Å². The topological polar surface area (TPSA) is 52.6 Å². The molecule has 0 saturated carbocycles. The second-order valence-electron chi connectivity index (χ2n) is 4.83. The lowest BCUT2D eigenvalue weighted by Crippen LogP contribution is -2.57. The lowest BCUT2D eigenvalue weighted by atomic mass is 9.87. The zero-order valence-corrected chi connectivity index (χ0v) is 9.92. The van der Waals surface area contributed by atoms with Crippen molar-refractivity contribution in [3.8, 4) is 0 Å². The quantitative estimate of drug-likeness (QED) is 0.726. The molecule has 4 heteroatoms. The van der Waals surface area contributed by atoms with E-state index < -0.39 is 11.5 Å². The van der Waals surface area contributed by atoms with Crippen LogP contribution in [0, 0.1) is 5.92 Å². The largest absolute Gasteiger partial charge is 0.480 e. The first-order valence-electron chi connectivity index (χ1n) is 5.65. The van der Waals surface area contributed by atoms with Crippen LogP contribution in [0.4, 0.5) is 0 Å². The third-order valence-corrected chi connectivity index (χ3v) is 3.22. The molecule has 1 rings (SSSR count). The number of rotatable bonds is 4. The fourth-order valence-corrected chi connectivity index (χ4v) is 2.20. The Labute approximate surface area is 91.6 Å². The third-order valence-electron chi connectivity index (χ3n) is 3.22. The van der Waals surface area contributed by atoms with Crippen LogP contribution in [0.2, 0.25) is 0 Å². The number of nitrogens with one attached hydrogen (secondary N) is 1. The number of carboxylic acids is 1. The first kappa shape index (κ1) is 12.5. The third kappa shape index (κ3) is 2.92. The maximum atomic E-state index is 11.2. The fourth-order valence-electron chi connectivity index (χ4n) is 2.20. The zero-order chi connectivity index (χ0) is 11.5. The van der Waals surface area contributed by atoms with Crippen LogP contribution in [-0.2, 0) is 4.79 Å². The molecule has 0 unspecified atom stereocenters. The second-order valence-corrected chi connectivity index (χ2v) is 4.83. The normalized spacial score (nSPS) is 21.9. The maximum Gasteiger partial charge on any atom is 0.323 e. The van der Waals surface area contributed by atoms with Gasteiger partial charge in [-0.3, -0.25) is 4.79 Å². The van der Waals surface area contributed by atoms with Gasteiger partial charge in [-0.15, -0.1) is 0 Å². The van der Waals surface area contributed by atoms with Crippen molar-refractivity contribution >= 4 is 5.97 Å². The molecule has 15 heavy (non-hydrogen) atoms. The number of hydrogen-bond donors (Lipinski definition) is 2. The van der Waals surface area contributed by atoms with Crippen molar-refractivity contribution in [2.45, 2.75) is 32.2 Å². The van der Waals surface area contributed by atoms with Gasteiger partial charge in [0.15, 0.2) is 0 Å². The molecule has 0 aromatic carbocycles. The van der Waals surface area contributed by atoms with Crippen LogP contribution in [0.1, 0.15) is 26.7 Å². The van der Waals surface area contributed by atoms with E-state index in [1.54, 1.807) is 7.05 Å². The average molecular weight is 214 g/mol. The van der Waals surface area contributed by atoms with Crippen LogP contribution < -0.4 is 5.32 Å². The van der Waals surface area contributed by atoms with E-state index in [-0.39, 0.29) is 0 Å². The Bertz CT molecular complexity index is 221. The Morgan fingerprint density at radius 1 is 1.47 bits per heavy atom. The number of likely N-dealkylation sites (N-methyl/N-ethyl adjacent to an activating group) is 1. The van der Waals surface area contributed by atoms with Crippen LogP contribution in [0.15, 0.2) is 0 Å². The van der Waals surface area contributed by atoms with Gasteiger partial charge in [0, 0.05) is 19.6 Å². The van der Waals surface area contributed by atoms with Gasteiger partial charge in [-0.2, -0.15) is 0 Å².